The van der Waals surface area contributed by atoms with Crippen LogP contribution in [0.2, 0.25) is 0 Å². The number of halogens is 1. The third-order valence-electron chi connectivity index (χ3n) is 6.38. The number of fused-ring (bicyclic) bond motifs is 1. The summed E-state index contributed by atoms with van der Waals surface area (Å²) in [6.07, 6.45) is 9.08. The summed E-state index contributed by atoms with van der Waals surface area (Å²) in [5.74, 6) is 0.588. The summed E-state index contributed by atoms with van der Waals surface area (Å²) in [4.78, 5) is 42.9. The average Bonchev–Trinajstić information content (AvgIpc) is 2.76. The Hall–Kier alpha value is -2.07. The van der Waals surface area contributed by atoms with Crippen LogP contribution in [0.3, 0.4) is 0 Å². The molecule has 2 fully saturated rings. The fraction of sp³-hybridized carbons (Fsp3) is 0.696. The van der Waals surface area contributed by atoms with E-state index in [4.69, 9.17) is 0 Å². The van der Waals surface area contributed by atoms with Crippen molar-refractivity contribution < 1.29 is 18.8 Å². The lowest BCUT2D eigenvalue weighted by Gasteiger charge is -2.54. The Balaban J connectivity index is 1.78. The SMILES string of the molecule is CCCCN1C[C@H]2N(C(=O)CN(C)N2C(=O)NCC2=CCC(C)(F)C=C2)[C@@H](CCSC)C1=O. The van der Waals surface area contributed by atoms with Gasteiger partial charge in [-0.2, -0.15) is 11.8 Å². The molecule has 0 bridgehead atoms. The molecule has 1 N–H and O–H groups in total. The predicted molar refractivity (Wildman–Crippen MR) is 128 cm³/mol. The van der Waals surface area contributed by atoms with Gasteiger partial charge in [-0.3, -0.25) is 9.59 Å². The van der Waals surface area contributed by atoms with Crippen molar-refractivity contribution in [3.8, 4) is 0 Å². The highest BCUT2D eigenvalue weighted by molar-refractivity contribution is 7.98. The number of amides is 4. The van der Waals surface area contributed by atoms with Gasteiger partial charge in [0.05, 0.1) is 13.1 Å². The maximum absolute atomic E-state index is 14.0. The zero-order chi connectivity index (χ0) is 24.2. The van der Waals surface area contributed by atoms with Gasteiger partial charge in [-0.15, -0.1) is 0 Å². The summed E-state index contributed by atoms with van der Waals surface area (Å²) < 4.78 is 14.0. The Morgan fingerprint density at radius 2 is 2.12 bits per heavy atom. The van der Waals surface area contributed by atoms with Crippen LogP contribution in [0.1, 0.15) is 39.5 Å². The van der Waals surface area contributed by atoms with Crippen molar-refractivity contribution in [3.05, 3.63) is 23.8 Å². The van der Waals surface area contributed by atoms with Crippen LogP contribution in [-0.2, 0) is 9.59 Å². The number of hydrogen-bond acceptors (Lipinski definition) is 5. The minimum Gasteiger partial charge on any atom is -0.337 e. The van der Waals surface area contributed by atoms with Crippen LogP contribution < -0.4 is 5.32 Å². The van der Waals surface area contributed by atoms with E-state index in [1.165, 1.54) is 13.0 Å². The van der Waals surface area contributed by atoms with E-state index in [-0.39, 0.29) is 37.4 Å². The van der Waals surface area contributed by atoms with Gasteiger partial charge in [0, 0.05) is 26.6 Å². The third-order valence-corrected chi connectivity index (χ3v) is 7.02. The molecular weight excluding hydrogens is 445 g/mol. The lowest BCUT2D eigenvalue weighted by Crippen LogP contribution is -2.76. The highest BCUT2D eigenvalue weighted by Gasteiger charge is 2.50. The van der Waals surface area contributed by atoms with Gasteiger partial charge < -0.3 is 15.1 Å². The lowest BCUT2D eigenvalue weighted by atomic mass is 9.96. The molecule has 4 amide bonds. The first-order chi connectivity index (χ1) is 15.7. The molecule has 33 heavy (non-hydrogen) atoms. The lowest BCUT2D eigenvalue weighted by molar-refractivity contribution is -0.187. The molecule has 0 saturated carbocycles. The molecule has 184 valence electrons. The summed E-state index contributed by atoms with van der Waals surface area (Å²) in [5.41, 5.74) is -0.517. The molecule has 2 saturated heterocycles. The van der Waals surface area contributed by atoms with Gasteiger partial charge in [-0.05, 0) is 43.4 Å². The third kappa shape index (κ3) is 5.90. The summed E-state index contributed by atoms with van der Waals surface area (Å²) in [5, 5.41) is 6.10. The normalized spacial score (nSPS) is 28.2. The van der Waals surface area contributed by atoms with Gasteiger partial charge in [0.1, 0.15) is 17.9 Å². The molecule has 0 radical (unpaired) electrons. The van der Waals surface area contributed by atoms with Gasteiger partial charge in [0.2, 0.25) is 11.8 Å². The van der Waals surface area contributed by atoms with Crippen LogP contribution in [0.15, 0.2) is 23.8 Å². The number of carbonyl (C=O) groups is 3. The number of unbranched alkanes of at least 4 members (excludes halogenated alkanes) is 1. The second kappa shape index (κ2) is 10.9. The predicted octanol–water partition coefficient (Wildman–Crippen LogP) is 2.39. The maximum atomic E-state index is 14.0. The molecule has 0 aromatic carbocycles. The monoisotopic (exact) mass is 481 g/mol. The zero-order valence-corrected chi connectivity index (χ0v) is 20.9. The van der Waals surface area contributed by atoms with Crippen molar-refractivity contribution in [3.63, 3.8) is 0 Å². The van der Waals surface area contributed by atoms with E-state index >= 15 is 0 Å². The number of hydrazine groups is 1. The Bertz CT molecular complexity index is 818. The average molecular weight is 482 g/mol. The molecule has 1 aliphatic carbocycles. The maximum Gasteiger partial charge on any atom is 0.334 e. The van der Waals surface area contributed by atoms with Gasteiger partial charge >= 0.3 is 6.03 Å². The highest BCUT2D eigenvalue weighted by atomic mass is 32.2. The second-order valence-electron chi connectivity index (χ2n) is 9.13. The van der Waals surface area contributed by atoms with E-state index in [1.807, 2.05) is 6.26 Å². The molecule has 2 heterocycles. The van der Waals surface area contributed by atoms with Crippen molar-refractivity contribution in [2.24, 2.45) is 0 Å². The van der Waals surface area contributed by atoms with Crippen molar-refractivity contribution in [2.45, 2.75) is 57.4 Å². The molecule has 10 heteroatoms. The Morgan fingerprint density at radius 1 is 1.36 bits per heavy atom. The molecule has 3 aliphatic rings. The topological polar surface area (TPSA) is 76.2 Å². The Kier molecular flexibility index (Phi) is 8.44. The fourth-order valence-electron chi connectivity index (χ4n) is 4.50. The standard InChI is InChI=1S/C23H36FN5O3S/c1-5-6-12-27-15-19-28(18(21(27)31)9-13-33-4)20(30)16-26(3)29(19)22(32)25-14-17-7-10-23(2,24)11-8-17/h7-8,10,18-19H,5-6,9,11-16H2,1-4H3,(H,25,32)/t18-,19-,23?/m0/s1. The number of urea groups is 1. The number of nitrogens with zero attached hydrogens (tertiary/aromatic N) is 4. The van der Waals surface area contributed by atoms with Crippen molar-refractivity contribution >= 4 is 29.6 Å². The number of rotatable bonds is 8. The van der Waals surface area contributed by atoms with Crippen molar-refractivity contribution in [2.75, 3.05) is 45.2 Å². The number of alkyl halides is 1. The molecule has 3 rings (SSSR count). The fourth-order valence-corrected chi connectivity index (χ4v) is 4.96. The van der Waals surface area contributed by atoms with Crippen LogP contribution in [0.25, 0.3) is 0 Å². The minimum atomic E-state index is -1.36. The first-order valence-corrected chi connectivity index (χ1v) is 13.0. The number of likely N-dealkylation sites (N-methyl/N-ethyl adjacent to an activating group) is 1. The summed E-state index contributed by atoms with van der Waals surface area (Å²) >= 11 is 1.64. The molecule has 2 aliphatic heterocycles. The first-order valence-electron chi connectivity index (χ1n) is 11.6. The number of allylic oxidation sites excluding steroid dienone is 2. The highest BCUT2D eigenvalue weighted by Crippen LogP contribution is 2.28. The minimum absolute atomic E-state index is 0.0289. The molecule has 3 atom stereocenters. The van der Waals surface area contributed by atoms with Crippen LogP contribution >= 0.6 is 11.8 Å². The van der Waals surface area contributed by atoms with Gasteiger partial charge in [-0.25, -0.2) is 19.2 Å². The summed E-state index contributed by atoms with van der Waals surface area (Å²) in [7, 11) is 1.72. The Morgan fingerprint density at radius 3 is 2.76 bits per heavy atom. The number of nitrogens with one attached hydrogen (secondary N) is 1. The van der Waals surface area contributed by atoms with Gasteiger partial charge in [0.15, 0.2) is 0 Å². The smallest absolute Gasteiger partial charge is 0.334 e. The molecule has 0 spiro atoms. The number of piperazine rings is 1. The van der Waals surface area contributed by atoms with Crippen LogP contribution in [0.5, 0.6) is 0 Å². The van der Waals surface area contributed by atoms with Gasteiger partial charge in [0.25, 0.3) is 0 Å². The molecular formula is C23H36FN5O3S. The first kappa shape index (κ1) is 25.6. The second-order valence-corrected chi connectivity index (χ2v) is 10.1. The molecule has 8 nitrogen and oxygen atoms in total. The number of thioether (sulfide) groups is 1. The zero-order valence-electron chi connectivity index (χ0n) is 20.1. The van der Waals surface area contributed by atoms with E-state index in [1.54, 1.807) is 50.8 Å². The van der Waals surface area contributed by atoms with Gasteiger partial charge in [-0.1, -0.05) is 25.5 Å². The number of hydrogen-bond donors (Lipinski definition) is 1. The van der Waals surface area contributed by atoms with E-state index in [0.29, 0.717) is 19.5 Å². The van der Waals surface area contributed by atoms with Crippen molar-refractivity contribution in [1.82, 2.24) is 25.1 Å². The van der Waals surface area contributed by atoms with E-state index in [9.17, 15) is 18.8 Å². The van der Waals surface area contributed by atoms with Crippen LogP contribution in [0.4, 0.5) is 9.18 Å². The van der Waals surface area contributed by atoms with Crippen LogP contribution in [-0.4, -0.2) is 101 Å². The van der Waals surface area contributed by atoms with E-state index < -0.39 is 17.9 Å². The van der Waals surface area contributed by atoms with E-state index in [0.717, 1.165) is 24.2 Å². The quantitative estimate of drug-likeness (QED) is 0.576. The molecule has 0 aromatic rings. The number of carbonyl (C=O) groups excluding carboxylic acids is 3. The molecule has 0 aromatic heterocycles. The van der Waals surface area contributed by atoms with Crippen LogP contribution in [0, 0.1) is 0 Å². The largest absolute Gasteiger partial charge is 0.337 e. The van der Waals surface area contributed by atoms with Crippen molar-refractivity contribution in [1.29, 1.82) is 0 Å². The summed E-state index contributed by atoms with van der Waals surface area (Å²) in [6, 6.07) is -0.896. The Labute approximate surface area is 200 Å². The summed E-state index contributed by atoms with van der Waals surface area (Å²) in [6.45, 7) is 4.80. The van der Waals surface area contributed by atoms with E-state index in [2.05, 4.69) is 12.2 Å². The molecule has 1 unspecified atom stereocenters.